The number of methoxy groups -OCH3 is 1. The topological polar surface area (TPSA) is 111 Å². The molecular formula is C23H28N2O7S. The Hall–Kier alpha value is -2.95. The van der Waals surface area contributed by atoms with Crippen LogP contribution < -0.4 is 10.1 Å². The highest BCUT2D eigenvalue weighted by molar-refractivity contribution is 7.89. The first-order valence-electron chi connectivity index (χ1n) is 10.4. The normalized spacial score (nSPS) is 15.0. The smallest absolute Gasteiger partial charge is 0.316 e. The number of nitrogens with one attached hydrogen (secondary N) is 1. The second-order valence-corrected chi connectivity index (χ2v) is 9.90. The maximum Gasteiger partial charge on any atom is 0.316 e. The van der Waals surface area contributed by atoms with E-state index in [1.165, 1.54) is 29.6 Å². The van der Waals surface area contributed by atoms with Gasteiger partial charge in [-0.2, -0.15) is 4.31 Å². The van der Waals surface area contributed by atoms with E-state index in [1.54, 1.807) is 13.8 Å². The molecule has 0 bridgehead atoms. The quantitative estimate of drug-likeness (QED) is 0.581. The molecule has 1 fully saturated rings. The number of hydrogen-bond acceptors (Lipinski definition) is 7. The number of rotatable bonds is 8. The minimum Gasteiger partial charge on any atom is -0.495 e. The van der Waals surface area contributed by atoms with Crippen LogP contribution in [0.2, 0.25) is 0 Å². The summed E-state index contributed by atoms with van der Waals surface area (Å²) in [4.78, 5) is 24.9. The van der Waals surface area contributed by atoms with Gasteiger partial charge in [0.2, 0.25) is 10.0 Å². The van der Waals surface area contributed by atoms with Crippen LogP contribution in [0.1, 0.15) is 19.4 Å². The van der Waals surface area contributed by atoms with Crippen LogP contribution >= 0.6 is 0 Å². The number of amides is 1. The van der Waals surface area contributed by atoms with Gasteiger partial charge in [0.1, 0.15) is 10.6 Å². The van der Waals surface area contributed by atoms with Gasteiger partial charge in [-0.25, -0.2) is 8.42 Å². The average Bonchev–Trinajstić information content (AvgIpc) is 2.83. The summed E-state index contributed by atoms with van der Waals surface area (Å²) in [5.41, 5.74) is 0.0793. The molecule has 1 heterocycles. The second kappa shape index (κ2) is 10.3. The highest BCUT2D eigenvalue weighted by Gasteiger charge is 2.32. The van der Waals surface area contributed by atoms with Crippen molar-refractivity contribution in [2.45, 2.75) is 24.2 Å². The monoisotopic (exact) mass is 476 g/mol. The van der Waals surface area contributed by atoms with Crippen LogP contribution in [0.5, 0.6) is 5.75 Å². The molecule has 3 rings (SSSR count). The van der Waals surface area contributed by atoms with Crippen LogP contribution in [-0.4, -0.2) is 64.6 Å². The number of carbonyl (C=O) groups excluding carboxylic acids is 2. The minimum atomic E-state index is -3.85. The standard InChI is InChI=1S/C23H28N2O7S/c1-23(2,17-7-5-4-6-8-17)22(27)32-16-21(26)24-18-9-10-19(30-3)20(15-18)33(28,29)25-11-13-31-14-12-25/h4-10,15H,11-14,16H2,1-3H3,(H,24,26). The third-order valence-corrected chi connectivity index (χ3v) is 7.30. The molecule has 1 N–H and O–H groups in total. The molecule has 2 aromatic carbocycles. The number of nitrogens with zero attached hydrogens (tertiary/aromatic N) is 1. The van der Waals surface area contributed by atoms with Crippen LogP contribution in [0.15, 0.2) is 53.4 Å². The number of benzene rings is 2. The van der Waals surface area contributed by atoms with Gasteiger partial charge in [-0.15, -0.1) is 0 Å². The largest absolute Gasteiger partial charge is 0.495 e. The van der Waals surface area contributed by atoms with Gasteiger partial charge < -0.3 is 19.5 Å². The van der Waals surface area contributed by atoms with E-state index in [0.29, 0.717) is 13.2 Å². The Morgan fingerprint density at radius 1 is 1.09 bits per heavy atom. The predicted molar refractivity (Wildman–Crippen MR) is 122 cm³/mol. The van der Waals surface area contributed by atoms with Gasteiger partial charge in [0.05, 0.1) is 25.7 Å². The van der Waals surface area contributed by atoms with Crippen LogP contribution in [0.3, 0.4) is 0 Å². The maximum atomic E-state index is 13.1. The van der Waals surface area contributed by atoms with Crippen LogP contribution in [0.4, 0.5) is 5.69 Å². The summed E-state index contributed by atoms with van der Waals surface area (Å²) in [7, 11) is -2.47. The van der Waals surface area contributed by atoms with Crippen molar-refractivity contribution in [1.29, 1.82) is 0 Å². The Kier molecular flexibility index (Phi) is 7.72. The highest BCUT2D eigenvalue weighted by Crippen LogP contribution is 2.30. The summed E-state index contributed by atoms with van der Waals surface area (Å²) >= 11 is 0. The maximum absolute atomic E-state index is 13.1. The number of hydrogen-bond donors (Lipinski definition) is 1. The summed E-state index contributed by atoms with van der Waals surface area (Å²) in [5.74, 6) is -0.975. The molecular weight excluding hydrogens is 448 g/mol. The fourth-order valence-corrected chi connectivity index (χ4v) is 4.95. The van der Waals surface area contributed by atoms with Crippen LogP contribution in [0.25, 0.3) is 0 Å². The van der Waals surface area contributed by atoms with E-state index in [2.05, 4.69) is 5.32 Å². The number of esters is 1. The number of carbonyl (C=O) groups is 2. The van der Waals surface area contributed by atoms with Gasteiger partial charge in [0.15, 0.2) is 6.61 Å². The first-order chi connectivity index (χ1) is 15.7. The average molecular weight is 477 g/mol. The summed E-state index contributed by atoms with van der Waals surface area (Å²) in [6, 6.07) is 13.4. The Morgan fingerprint density at radius 3 is 2.39 bits per heavy atom. The molecule has 1 amide bonds. The molecule has 1 aliphatic rings. The molecule has 0 aromatic heterocycles. The lowest BCUT2D eigenvalue weighted by Crippen LogP contribution is -2.40. The molecule has 1 aliphatic heterocycles. The van der Waals surface area contributed by atoms with Crippen LogP contribution in [-0.2, 0) is 34.5 Å². The molecule has 0 unspecified atom stereocenters. The van der Waals surface area contributed by atoms with E-state index in [-0.39, 0.29) is 29.4 Å². The molecule has 9 nitrogen and oxygen atoms in total. The van der Waals surface area contributed by atoms with E-state index in [4.69, 9.17) is 14.2 Å². The van der Waals surface area contributed by atoms with E-state index < -0.39 is 33.9 Å². The van der Waals surface area contributed by atoms with E-state index >= 15 is 0 Å². The van der Waals surface area contributed by atoms with Crippen molar-refractivity contribution in [3.8, 4) is 5.75 Å². The first-order valence-corrected chi connectivity index (χ1v) is 11.9. The minimum absolute atomic E-state index is 0.0631. The van der Waals surface area contributed by atoms with Crippen molar-refractivity contribution in [2.75, 3.05) is 45.3 Å². The number of sulfonamides is 1. The fourth-order valence-electron chi connectivity index (χ4n) is 3.36. The SMILES string of the molecule is COc1ccc(NC(=O)COC(=O)C(C)(C)c2ccccc2)cc1S(=O)(=O)N1CCOCC1. The second-order valence-electron chi connectivity index (χ2n) is 8.00. The van der Waals surface area contributed by atoms with Crippen molar-refractivity contribution in [1.82, 2.24) is 4.31 Å². The van der Waals surface area contributed by atoms with Gasteiger partial charge >= 0.3 is 5.97 Å². The predicted octanol–water partition coefficient (Wildman–Crippen LogP) is 2.18. The molecule has 0 aliphatic carbocycles. The molecule has 0 atom stereocenters. The lowest BCUT2D eigenvalue weighted by molar-refractivity contribution is -0.152. The molecule has 0 radical (unpaired) electrons. The Balaban J connectivity index is 1.69. The van der Waals surface area contributed by atoms with Crippen molar-refractivity contribution in [3.63, 3.8) is 0 Å². The zero-order valence-electron chi connectivity index (χ0n) is 18.9. The fraction of sp³-hybridized carbons (Fsp3) is 0.391. The van der Waals surface area contributed by atoms with Crippen molar-refractivity contribution in [3.05, 3.63) is 54.1 Å². The van der Waals surface area contributed by atoms with Gasteiger partial charge in [-0.3, -0.25) is 9.59 Å². The zero-order chi connectivity index (χ0) is 24.1. The summed E-state index contributed by atoms with van der Waals surface area (Å²) < 4.78 is 43.1. The molecule has 0 saturated carbocycles. The van der Waals surface area contributed by atoms with E-state index in [9.17, 15) is 18.0 Å². The summed E-state index contributed by atoms with van der Waals surface area (Å²) in [6.07, 6.45) is 0. The summed E-state index contributed by atoms with van der Waals surface area (Å²) in [6.45, 7) is 4.01. The van der Waals surface area contributed by atoms with Crippen molar-refractivity contribution < 1.29 is 32.2 Å². The molecule has 10 heteroatoms. The Bertz CT molecular complexity index is 1100. The van der Waals surface area contributed by atoms with Gasteiger partial charge in [0.25, 0.3) is 5.91 Å². The van der Waals surface area contributed by atoms with Gasteiger partial charge in [0, 0.05) is 18.8 Å². The number of anilines is 1. The first kappa shape index (κ1) is 24.7. The highest BCUT2D eigenvalue weighted by atomic mass is 32.2. The van der Waals surface area contributed by atoms with Crippen molar-refractivity contribution in [2.24, 2.45) is 0 Å². The van der Waals surface area contributed by atoms with E-state index in [0.717, 1.165) is 5.56 Å². The molecule has 1 saturated heterocycles. The number of ether oxygens (including phenoxy) is 3. The Labute approximate surface area is 193 Å². The molecule has 0 spiro atoms. The van der Waals surface area contributed by atoms with E-state index in [1.807, 2.05) is 30.3 Å². The molecule has 33 heavy (non-hydrogen) atoms. The van der Waals surface area contributed by atoms with Gasteiger partial charge in [-0.1, -0.05) is 30.3 Å². The third kappa shape index (κ3) is 5.70. The van der Waals surface area contributed by atoms with Gasteiger partial charge in [-0.05, 0) is 37.6 Å². The summed E-state index contributed by atoms with van der Waals surface area (Å²) in [5, 5.41) is 2.58. The third-order valence-electron chi connectivity index (χ3n) is 5.38. The Morgan fingerprint density at radius 2 is 1.76 bits per heavy atom. The molecule has 178 valence electrons. The lowest BCUT2D eigenvalue weighted by atomic mass is 9.85. The van der Waals surface area contributed by atoms with Crippen molar-refractivity contribution >= 4 is 27.6 Å². The molecule has 2 aromatic rings. The lowest BCUT2D eigenvalue weighted by Gasteiger charge is -2.26. The number of morpholine rings is 1. The zero-order valence-corrected chi connectivity index (χ0v) is 19.7. The van der Waals surface area contributed by atoms with Crippen LogP contribution in [0, 0.1) is 0 Å².